The van der Waals surface area contributed by atoms with E-state index in [0.29, 0.717) is 5.75 Å². The number of hydrogen-bond donors (Lipinski definition) is 2. The minimum Gasteiger partial charge on any atom is -0.491 e. The Morgan fingerprint density at radius 2 is 2.05 bits per heavy atom. The Hall–Kier alpha value is -2.04. The van der Waals surface area contributed by atoms with Gasteiger partial charge in [0, 0.05) is 6.92 Å². The zero-order valence-electron chi connectivity index (χ0n) is 11.3. The van der Waals surface area contributed by atoms with Gasteiger partial charge in [-0.25, -0.2) is 0 Å². The van der Waals surface area contributed by atoms with E-state index in [1.165, 1.54) is 6.92 Å². The van der Waals surface area contributed by atoms with Crippen molar-refractivity contribution in [2.75, 3.05) is 0 Å². The van der Waals surface area contributed by atoms with Crippen LogP contribution in [0.15, 0.2) is 24.3 Å². The normalized spacial score (nSPS) is 12.0. The molecule has 1 atom stereocenters. The molecule has 1 rings (SSSR count). The second kappa shape index (κ2) is 6.78. The van der Waals surface area contributed by atoms with E-state index in [1.54, 1.807) is 24.3 Å². The van der Waals surface area contributed by atoms with Gasteiger partial charge < -0.3 is 15.2 Å². The minimum atomic E-state index is -0.964. The van der Waals surface area contributed by atoms with Crippen molar-refractivity contribution in [2.45, 2.75) is 39.3 Å². The maximum Gasteiger partial charge on any atom is 0.305 e. The van der Waals surface area contributed by atoms with Crippen LogP contribution >= 0.6 is 0 Å². The molecule has 2 N–H and O–H groups in total. The van der Waals surface area contributed by atoms with Crippen LogP contribution in [0.3, 0.4) is 0 Å². The number of nitrogens with one attached hydrogen (secondary N) is 1. The summed E-state index contributed by atoms with van der Waals surface area (Å²) in [6.45, 7) is 5.19. The van der Waals surface area contributed by atoms with Gasteiger partial charge in [0.25, 0.3) is 0 Å². The first-order chi connectivity index (χ1) is 8.88. The number of rotatable bonds is 6. The van der Waals surface area contributed by atoms with Gasteiger partial charge in [-0.2, -0.15) is 0 Å². The van der Waals surface area contributed by atoms with Crippen molar-refractivity contribution < 1.29 is 19.4 Å². The molecule has 1 amide bonds. The lowest BCUT2D eigenvalue weighted by Crippen LogP contribution is -2.28. The molecule has 0 aliphatic heterocycles. The number of hydrogen-bond acceptors (Lipinski definition) is 3. The van der Waals surface area contributed by atoms with Gasteiger partial charge in [-0.05, 0) is 31.5 Å². The van der Waals surface area contributed by atoms with Crippen LogP contribution in [0, 0.1) is 0 Å². The van der Waals surface area contributed by atoms with Crippen LogP contribution in [0.1, 0.15) is 38.8 Å². The average molecular weight is 265 g/mol. The average Bonchev–Trinajstić information content (AvgIpc) is 2.26. The van der Waals surface area contributed by atoms with Crippen LogP contribution in [0.5, 0.6) is 5.75 Å². The Labute approximate surface area is 112 Å². The number of ether oxygens (including phenoxy) is 1. The minimum absolute atomic E-state index is 0.0361. The van der Waals surface area contributed by atoms with E-state index in [-0.39, 0.29) is 18.4 Å². The van der Waals surface area contributed by atoms with Crippen LogP contribution in [-0.4, -0.2) is 23.1 Å². The number of carbonyl (C=O) groups is 2. The van der Waals surface area contributed by atoms with Gasteiger partial charge in [-0.3, -0.25) is 9.59 Å². The van der Waals surface area contributed by atoms with E-state index in [1.807, 2.05) is 13.8 Å². The molecule has 0 fully saturated rings. The Morgan fingerprint density at radius 1 is 1.37 bits per heavy atom. The molecule has 0 aliphatic rings. The molecule has 104 valence electrons. The van der Waals surface area contributed by atoms with Gasteiger partial charge >= 0.3 is 5.97 Å². The second-order valence-electron chi connectivity index (χ2n) is 4.59. The quantitative estimate of drug-likeness (QED) is 0.826. The molecule has 1 aromatic carbocycles. The molecule has 0 aromatic heterocycles. The van der Waals surface area contributed by atoms with E-state index < -0.39 is 12.0 Å². The van der Waals surface area contributed by atoms with E-state index in [0.717, 1.165) is 5.56 Å². The highest BCUT2D eigenvalue weighted by Crippen LogP contribution is 2.22. The predicted molar refractivity (Wildman–Crippen MR) is 71.0 cm³/mol. The second-order valence-corrected chi connectivity index (χ2v) is 4.59. The summed E-state index contributed by atoms with van der Waals surface area (Å²) in [6.07, 6.45) is -0.126. The topological polar surface area (TPSA) is 75.6 Å². The number of aliphatic carboxylic acids is 1. The summed E-state index contributed by atoms with van der Waals surface area (Å²) in [5.41, 5.74) is 0.718. The molecule has 1 unspecified atom stereocenters. The predicted octanol–water partition coefficient (Wildman–Crippen LogP) is 2.13. The Bertz CT molecular complexity index is 441. The first kappa shape index (κ1) is 15.0. The molecule has 0 saturated carbocycles. The molecule has 0 spiro atoms. The summed E-state index contributed by atoms with van der Waals surface area (Å²) in [5.74, 6) is -0.566. The van der Waals surface area contributed by atoms with Crippen molar-refractivity contribution in [2.24, 2.45) is 0 Å². The highest BCUT2D eigenvalue weighted by molar-refractivity contribution is 5.75. The molecule has 0 saturated heterocycles. The standard InChI is InChI=1S/C14H19NO4/c1-9(2)19-12-6-4-5-11(7-12)13(8-14(17)18)15-10(3)16/h4-7,9,13H,8H2,1-3H3,(H,15,16)(H,17,18). The molecule has 19 heavy (non-hydrogen) atoms. The smallest absolute Gasteiger partial charge is 0.305 e. The molecule has 5 heteroatoms. The fourth-order valence-electron chi connectivity index (χ4n) is 1.75. The van der Waals surface area contributed by atoms with Crippen LogP contribution in [0.4, 0.5) is 0 Å². The molecular weight excluding hydrogens is 246 g/mol. The van der Waals surface area contributed by atoms with E-state index >= 15 is 0 Å². The zero-order chi connectivity index (χ0) is 14.4. The number of amides is 1. The summed E-state index contributed by atoms with van der Waals surface area (Å²) < 4.78 is 5.55. The number of carboxylic acids is 1. The van der Waals surface area contributed by atoms with Crippen LogP contribution in [-0.2, 0) is 9.59 Å². The largest absolute Gasteiger partial charge is 0.491 e. The summed E-state index contributed by atoms with van der Waals surface area (Å²) in [5, 5.41) is 11.5. The Morgan fingerprint density at radius 3 is 2.58 bits per heavy atom. The van der Waals surface area contributed by atoms with Gasteiger partial charge in [-0.15, -0.1) is 0 Å². The first-order valence-corrected chi connectivity index (χ1v) is 6.14. The van der Waals surface area contributed by atoms with E-state index in [9.17, 15) is 9.59 Å². The van der Waals surface area contributed by atoms with Crippen molar-refractivity contribution >= 4 is 11.9 Å². The van der Waals surface area contributed by atoms with Gasteiger partial charge in [-0.1, -0.05) is 12.1 Å². The zero-order valence-corrected chi connectivity index (χ0v) is 11.3. The lowest BCUT2D eigenvalue weighted by molar-refractivity contribution is -0.137. The molecule has 5 nitrogen and oxygen atoms in total. The third-order valence-corrected chi connectivity index (χ3v) is 2.39. The fourth-order valence-corrected chi connectivity index (χ4v) is 1.75. The summed E-state index contributed by atoms with van der Waals surface area (Å²) >= 11 is 0. The van der Waals surface area contributed by atoms with Gasteiger partial charge in [0.1, 0.15) is 5.75 Å². The Kier molecular flexibility index (Phi) is 5.36. The Balaban J connectivity index is 2.94. The maximum atomic E-state index is 11.1. The van der Waals surface area contributed by atoms with Crippen LogP contribution < -0.4 is 10.1 Å². The molecule has 0 aliphatic carbocycles. The van der Waals surface area contributed by atoms with Crippen molar-refractivity contribution in [3.8, 4) is 5.75 Å². The van der Waals surface area contributed by atoms with Crippen molar-refractivity contribution in [1.29, 1.82) is 0 Å². The summed E-state index contributed by atoms with van der Waals surface area (Å²) in [4.78, 5) is 22.0. The first-order valence-electron chi connectivity index (χ1n) is 6.14. The highest BCUT2D eigenvalue weighted by Gasteiger charge is 2.17. The van der Waals surface area contributed by atoms with Gasteiger partial charge in [0.05, 0.1) is 18.6 Å². The van der Waals surface area contributed by atoms with Crippen LogP contribution in [0.25, 0.3) is 0 Å². The van der Waals surface area contributed by atoms with E-state index in [4.69, 9.17) is 9.84 Å². The summed E-state index contributed by atoms with van der Waals surface area (Å²) in [6, 6.07) is 6.56. The molecule has 0 bridgehead atoms. The van der Waals surface area contributed by atoms with Gasteiger partial charge in [0.15, 0.2) is 0 Å². The van der Waals surface area contributed by atoms with E-state index in [2.05, 4.69) is 5.32 Å². The van der Waals surface area contributed by atoms with Crippen LogP contribution in [0.2, 0.25) is 0 Å². The lowest BCUT2D eigenvalue weighted by Gasteiger charge is -2.18. The van der Waals surface area contributed by atoms with Crippen molar-refractivity contribution in [3.05, 3.63) is 29.8 Å². The maximum absolute atomic E-state index is 11.1. The number of carboxylic acid groups (broad SMARTS) is 1. The third-order valence-electron chi connectivity index (χ3n) is 2.39. The molecule has 0 heterocycles. The lowest BCUT2D eigenvalue weighted by atomic mass is 10.0. The van der Waals surface area contributed by atoms with Gasteiger partial charge in [0.2, 0.25) is 5.91 Å². The monoisotopic (exact) mass is 265 g/mol. The number of carbonyl (C=O) groups excluding carboxylic acids is 1. The molecular formula is C14H19NO4. The third kappa shape index (κ3) is 5.42. The fraction of sp³-hybridized carbons (Fsp3) is 0.429. The molecule has 1 aromatic rings. The highest BCUT2D eigenvalue weighted by atomic mass is 16.5. The summed E-state index contributed by atoms with van der Waals surface area (Å²) in [7, 11) is 0. The number of benzene rings is 1. The van der Waals surface area contributed by atoms with Crippen molar-refractivity contribution in [1.82, 2.24) is 5.32 Å². The van der Waals surface area contributed by atoms with Crippen molar-refractivity contribution in [3.63, 3.8) is 0 Å². The molecule has 0 radical (unpaired) electrons. The SMILES string of the molecule is CC(=O)NC(CC(=O)O)c1cccc(OC(C)C)c1.